The number of methoxy groups -OCH3 is 1. The lowest BCUT2D eigenvalue weighted by Gasteiger charge is -2.17. The van der Waals surface area contributed by atoms with Crippen LogP contribution < -0.4 is 10.9 Å². The average molecular weight is 499 g/mol. The fraction of sp³-hybridized carbons (Fsp3) is 0.348. The standard InChI is InChI=1S/C23H26N6O3S2/c1-32-12-5-11-29-22(31)16-8-7-15(14-18(16)25-23(29)33)21(30)24-17(9-13-34-2)20-27-26-19-6-3-4-10-28(19)20/h3-4,6-8,10,14,17H,5,9,11-13H2,1-2H3,(H,24,30)(H,25,33). The molecule has 0 fully saturated rings. The predicted octanol–water partition coefficient (Wildman–Crippen LogP) is 3.36. The minimum absolute atomic E-state index is 0.186. The first-order chi connectivity index (χ1) is 16.5. The van der Waals surface area contributed by atoms with Gasteiger partial charge in [-0.25, -0.2) is 0 Å². The van der Waals surface area contributed by atoms with Crippen LogP contribution in [-0.4, -0.2) is 55.8 Å². The predicted molar refractivity (Wildman–Crippen MR) is 136 cm³/mol. The summed E-state index contributed by atoms with van der Waals surface area (Å²) in [7, 11) is 1.62. The number of carbonyl (C=O) groups excluding carboxylic acids is 1. The van der Waals surface area contributed by atoms with Gasteiger partial charge in [0.2, 0.25) is 0 Å². The minimum Gasteiger partial charge on any atom is -0.385 e. The van der Waals surface area contributed by atoms with Gasteiger partial charge in [0, 0.05) is 32.0 Å². The van der Waals surface area contributed by atoms with E-state index in [0.717, 1.165) is 11.4 Å². The van der Waals surface area contributed by atoms with Gasteiger partial charge in [0.25, 0.3) is 11.5 Å². The van der Waals surface area contributed by atoms with Crippen molar-refractivity contribution < 1.29 is 9.53 Å². The van der Waals surface area contributed by atoms with E-state index >= 15 is 0 Å². The lowest BCUT2D eigenvalue weighted by molar-refractivity contribution is 0.0934. The third kappa shape index (κ3) is 5.06. The number of fused-ring (bicyclic) bond motifs is 2. The molecule has 11 heteroatoms. The monoisotopic (exact) mass is 498 g/mol. The van der Waals surface area contributed by atoms with Gasteiger partial charge >= 0.3 is 0 Å². The molecule has 3 aromatic heterocycles. The number of nitrogens with one attached hydrogen (secondary N) is 2. The Hall–Kier alpha value is -3.02. The Labute approximate surface area is 205 Å². The Kier molecular flexibility index (Phi) is 7.76. The van der Waals surface area contributed by atoms with Gasteiger partial charge in [-0.1, -0.05) is 6.07 Å². The highest BCUT2D eigenvalue weighted by Crippen LogP contribution is 2.20. The van der Waals surface area contributed by atoms with Crippen molar-refractivity contribution in [3.05, 3.63) is 69.1 Å². The van der Waals surface area contributed by atoms with Crippen molar-refractivity contribution in [2.75, 3.05) is 25.7 Å². The van der Waals surface area contributed by atoms with Gasteiger partial charge in [0.05, 0.1) is 16.9 Å². The molecular formula is C23H26N6O3S2. The molecule has 1 amide bonds. The summed E-state index contributed by atoms with van der Waals surface area (Å²) in [5.74, 6) is 1.27. The smallest absolute Gasteiger partial charge is 0.262 e. The van der Waals surface area contributed by atoms with Gasteiger partial charge in [-0.05, 0) is 67.4 Å². The fourth-order valence-corrected chi connectivity index (χ4v) is 4.56. The number of carbonyl (C=O) groups is 1. The van der Waals surface area contributed by atoms with E-state index in [1.54, 1.807) is 37.1 Å². The van der Waals surface area contributed by atoms with Crippen molar-refractivity contribution in [2.45, 2.75) is 25.4 Å². The van der Waals surface area contributed by atoms with Gasteiger partial charge < -0.3 is 15.0 Å². The number of pyridine rings is 1. The minimum atomic E-state index is -0.319. The topological polar surface area (TPSA) is 106 Å². The second-order valence-electron chi connectivity index (χ2n) is 7.79. The van der Waals surface area contributed by atoms with Crippen molar-refractivity contribution in [1.29, 1.82) is 0 Å². The molecule has 1 atom stereocenters. The van der Waals surface area contributed by atoms with E-state index in [0.29, 0.717) is 53.1 Å². The maximum Gasteiger partial charge on any atom is 0.262 e. The zero-order chi connectivity index (χ0) is 24.1. The van der Waals surface area contributed by atoms with Crippen LogP contribution in [0, 0.1) is 4.77 Å². The molecule has 0 aliphatic heterocycles. The van der Waals surface area contributed by atoms with Crippen molar-refractivity contribution >= 4 is 46.4 Å². The molecule has 3 heterocycles. The molecule has 0 aliphatic carbocycles. The Balaban J connectivity index is 1.62. The summed E-state index contributed by atoms with van der Waals surface area (Å²) in [6, 6.07) is 10.3. The van der Waals surface area contributed by atoms with Gasteiger partial charge in [-0.2, -0.15) is 11.8 Å². The molecule has 4 rings (SSSR count). The lowest BCUT2D eigenvalue weighted by Crippen LogP contribution is -2.30. The largest absolute Gasteiger partial charge is 0.385 e. The van der Waals surface area contributed by atoms with Crippen LogP contribution in [0.3, 0.4) is 0 Å². The quantitative estimate of drug-likeness (QED) is 0.255. The highest BCUT2D eigenvalue weighted by molar-refractivity contribution is 7.98. The van der Waals surface area contributed by atoms with Crippen LogP contribution in [0.4, 0.5) is 0 Å². The van der Waals surface area contributed by atoms with E-state index in [-0.39, 0.29) is 17.5 Å². The maximum absolute atomic E-state index is 13.2. The lowest BCUT2D eigenvalue weighted by atomic mass is 10.1. The highest BCUT2D eigenvalue weighted by atomic mass is 32.2. The first-order valence-electron chi connectivity index (χ1n) is 10.9. The number of benzene rings is 1. The Morgan fingerprint density at radius 3 is 2.94 bits per heavy atom. The number of hydrogen-bond acceptors (Lipinski definition) is 7. The molecule has 0 saturated carbocycles. The van der Waals surface area contributed by atoms with E-state index in [4.69, 9.17) is 17.0 Å². The normalized spacial score (nSPS) is 12.3. The SMILES string of the molecule is COCCCn1c(=S)[nH]c2cc(C(=O)NC(CCSC)c3nnc4ccccn34)ccc2c1=O. The zero-order valence-electron chi connectivity index (χ0n) is 19.0. The molecule has 1 unspecified atom stereocenters. The van der Waals surface area contributed by atoms with Gasteiger partial charge in [-0.15, -0.1) is 10.2 Å². The van der Waals surface area contributed by atoms with E-state index < -0.39 is 0 Å². The van der Waals surface area contributed by atoms with Gasteiger partial charge in [-0.3, -0.25) is 18.6 Å². The maximum atomic E-state index is 13.2. The van der Waals surface area contributed by atoms with Crippen molar-refractivity contribution in [3.63, 3.8) is 0 Å². The molecule has 2 N–H and O–H groups in total. The van der Waals surface area contributed by atoms with Crippen molar-refractivity contribution in [2.24, 2.45) is 0 Å². The number of rotatable bonds is 10. The van der Waals surface area contributed by atoms with E-state index in [2.05, 4.69) is 20.5 Å². The summed E-state index contributed by atoms with van der Waals surface area (Å²) in [5.41, 5.74) is 1.49. The van der Waals surface area contributed by atoms with Crippen LogP contribution in [0.15, 0.2) is 47.4 Å². The number of amides is 1. The van der Waals surface area contributed by atoms with E-state index in [1.165, 1.54) is 4.57 Å². The van der Waals surface area contributed by atoms with Crippen LogP contribution >= 0.6 is 24.0 Å². The van der Waals surface area contributed by atoms with Crippen LogP contribution in [-0.2, 0) is 11.3 Å². The highest BCUT2D eigenvalue weighted by Gasteiger charge is 2.21. The number of thioether (sulfide) groups is 1. The van der Waals surface area contributed by atoms with Crippen LogP contribution in [0.25, 0.3) is 16.6 Å². The molecule has 1 aromatic carbocycles. The third-order valence-corrected chi connectivity index (χ3v) is 6.51. The first kappa shape index (κ1) is 24.1. The fourth-order valence-electron chi connectivity index (χ4n) is 3.81. The molecule has 178 valence electrons. The third-order valence-electron chi connectivity index (χ3n) is 5.54. The summed E-state index contributed by atoms with van der Waals surface area (Å²) < 4.78 is 8.79. The van der Waals surface area contributed by atoms with Crippen molar-refractivity contribution in [1.82, 2.24) is 29.5 Å². The average Bonchev–Trinajstić information content (AvgIpc) is 3.27. The van der Waals surface area contributed by atoms with E-state index in [9.17, 15) is 9.59 Å². The Bertz CT molecular complexity index is 1430. The molecular weight excluding hydrogens is 472 g/mol. The summed E-state index contributed by atoms with van der Waals surface area (Å²) in [6.45, 7) is 1.00. The van der Waals surface area contributed by atoms with E-state index in [1.807, 2.05) is 35.1 Å². The van der Waals surface area contributed by atoms with Gasteiger partial charge in [0.15, 0.2) is 16.2 Å². The number of H-pyrrole nitrogens is 1. The number of hydrogen-bond donors (Lipinski definition) is 2. The summed E-state index contributed by atoms with van der Waals surface area (Å²) in [6.07, 6.45) is 5.28. The van der Waals surface area contributed by atoms with Crippen molar-refractivity contribution in [3.8, 4) is 0 Å². The van der Waals surface area contributed by atoms with Crippen LogP contribution in [0.5, 0.6) is 0 Å². The second kappa shape index (κ2) is 10.9. The zero-order valence-corrected chi connectivity index (χ0v) is 20.6. The Morgan fingerprint density at radius 1 is 1.29 bits per heavy atom. The number of ether oxygens (including phenoxy) is 1. The molecule has 34 heavy (non-hydrogen) atoms. The molecule has 9 nitrogen and oxygen atoms in total. The van der Waals surface area contributed by atoms with Crippen LogP contribution in [0.1, 0.15) is 35.1 Å². The molecule has 0 radical (unpaired) electrons. The summed E-state index contributed by atoms with van der Waals surface area (Å²) >= 11 is 7.09. The molecule has 4 aromatic rings. The Morgan fingerprint density at radius 2 is 2.15 bits per heavy atom. The first-order valence-corrected chi connectivity index (χ1v) is 12.7. The molecule has 0 aliphatic rings. The number of aromatic amines is 1. The summed E-state index contributed by atoms with van der Waals surface area (Å²) in [5, 5.41) is 12.1. The van der Waals surface area contributed by atoms with Crippen LogP contribution in [0.2, 0.25) is 0 Å². The number of nitrogens with zero attached hydrogens (tertiary/aromatic N) is 4. The molecule has 0 spiro atoms. The van der Waals surface area contributed by atoms with Gasteiger partial charge in [0.1, 0.15) is 0 Å². The second-order valence-corrected chi connectivity index (χ2v) is 9.16. The summed E-state index contributed by atoms with van der Waals surface area (Å²) in [4.78, 5) is 29.2. The molecule has 0 bridgehead atoms. The number of aromatic nitrogens is 5. The molecule has 0 saturated heterocycles.